The lowest BCUT2D eigenvalue weighted by atomic mass is 13.9. The summed E-state index contributed by atoms with van der Waals surface area (Å²) in [5, 5.41) is 0. The molecule has 28 valence electrons. The van der Waals surface area contributed by atoms with Crippen molar-refractivity contribution in [3.63, 3.8) is 0 Å². The molecule has 0 bridgehead atoms. The maximum atomic E-state index is 9.92. The van der Waals surface area contributed by atoms with Crippen molar-refractivity contribution in [2.24, 2.45) is 4.52 Å². The molecular formula is HNOP2S. The summed E-state index contributed by atoms with van der Waals surface area (Å²) in [5.74, 6) is 0. The van der Waals surface area contributed by atoms with Crippen molar-refractivity contribution >= 4 is 25.5 Å². The molecule has 0 radical (unpaired) electrons. The molecule has 5 heteroatoms. The van der Waals surface area contributed by atoms with Gasteiger partial charge in [-0.15, -0.1) is 0 Å². The molecule has 0 N–H and O–H groups in total. The van der Waals surface area contributed by atoms with E-state index in [4.69, 9.17) is 0 Å². The molecule has 2 atom stereocenters. The number of rotatable bonds is 0. The van der Waals surface area contributed by atoms with Crippen LogP contribution in [0.3, 0.4) is 0 Å². The third-order valence-corrected chi connectivity index (χ3v) is 5.04. The highest BCUT2D eigenvalue weighted by atomic mass is 33.1. The smallest absolute Gasteiger partial charge is 0.133 e. The van der Waals surface area contributed by atoms with Crippen molar-refractivity contribution in [1.29, 1.82) is 0 Å². The lowest BCUT2D eigenvalue weighted by Gasteiger charge is -1.91. The molecule has 0 aliphatic carbocycles. The molecule has 0 aromatic rings. The molecule has 1 heterocycles. The second-order valence-corrected chi connectivity index (χ2v) is 6.34. The fourth-order valence-electron chi connectivity index (χ4n) is 0.0742. The zero-order valence-corrected chi connectivity index (χ0v) is 4.92. The standard InChI is InChI=1S/HNOP2S/c2-5-3-1-4-5/h3H. The molecule has 0 aromatic carbocycles. The van der Waals surface area contributed by atoms with Gasteiger partial charge in [-0.2, -0.15) is 0 Å². The van der Waals surface area contributed by atoms with E-state index in [2.05, 4.69) is 4.52 Å². The van der Waals surface area contributed by atoms with Crippen molar-refractivity contribution in [3.05, 3.63) is 0 Å². The summed E-state index contributed by atoms with van der Waals surface area (Å²) >= 11 is 0. The highest BCUT2D eigenvalue weighted by Crippen LogP contribution is 2.42. The van der Waals surface area contributed by atoms with Crippen LogP contribution in [-0.2, 0) is 10.0 Å². The van der Waals surface area contributed by atoms with E-state index in [1.807, 2.05) is 0 Å². The average molecular weight is 125 g/mol. The van der Waals surface area contributed by atoms with Crippen LogP contribution in [0.5, 0.6) is 0 Å². The van der Waals surface area contributed by atoms with Gasteiger partial charge in [0.2, 0.25) is 0 Å². The predicted molar refractivity (Wildman–Crippen MR) is 25.8 cm³/mol. The Hall–Kier alpha value is 0.680. The van der Waals surface area contributed by atoms with Gasteiger partial charge in [0.25, 0.3) is 0 Å². The fraction of sp³-hybridized carbons (Fsp3) is 0. The lowest BCUT2D eigenvalue weighted by Crippen LogP contribution is -1.61. The number of hydrogen-bond donors (Lipinski definition) is 0. The normalized spacial score (nSPS) is 41.2. The Bertz CT molecular complexity index is 87.6. The van der Waals surface area contributed by atoms with Crippen LogP contribution in [0.4, 0.5) is 0 Å². The molecule has 1 aliphatic rings. The monoisotopic (exact) mass is 125 g/mol. The third-order valence-electron chi connectivity index (χ3n) is 0.234. The molecule has 0 amide bonds. The summed E-state index contributed by atoms with van der Waals surface area (Å²) in [4.78, 5) is 0. The highest BCUT2D eigenvalue weighted by Gasteiger charge is 2.00. The fourth-order valence-corrected chi connectivity index (χ4v) is 2.00. The van der Waals surface area contributed by atoms with Gasteiger partial charge in [0.15, 0.2) is 0 Å². The van der Waals surface area contributed by atoms with Gasteiger partial charge >= 0.3 is 0 Å². The molecule has 0 saturated carbocycles. The lowest BCUT2D eigenvalue weighted by molar-refractivity contribution is 0.698. The predicted octanol–water partition coefficient (Wildman–Crippen LogP) is 1.30. The molecular weight excluding hydrogens is 124 g/mol. The molecule has 0 spiro atoms. The minimum absolute atomic E-state index is 0.380. The first kappa shape index (κ1) is 3.86. The quantitative estimate of drug-likeness (QED) is 0.448. The van der Waals surface area contributed by atoms with Crippen LogP contribution in [0.1, 0.15) is 0 Å². The minimum Gasteiger partial charge on any atom is -0.242 e. The maximum absolute atomic E-state index is 9.92. The van der Waals surface area contributed by atoms with Crippen LogP contribution >= 0.6 is 15.5 Å². The molecule has 1 rings (SSSR count). The third kappa shape index (κ3) is 0.753. The van der Waals surface area contributed by atoms with E-state index in [-0.39, 0.29) is 0 Å². The zero-order valence-electron chi connectivity index (χ0n) is 2.21. The molecule has 0 aromatic heterocycles. The number of nitrogens with zero attached hydrogens (tertiary/aromatic N) is 1. The van der Waals surface area contributed by atoms with Crippen molar-refractivity contribution in [1.82, 2.24) is 0 Å². The van der Waals surface area contributed by atoms with E-state index in [0.29, 0.717) is 7.93 Å². The van der Waals surface area contributed by atoms with Crippen molar-refractivity contribution in [2.75, 3.05) is 0 Å². The second-order valence-electron chi connectivity index (χ2n) is 0.522. The van der Waals surface area contributed by atoms with Crippen LogP contribution in [0.25, 0.3) is 0 Å². The summed E-state index contributed by atoms with van der Waals surface area (Å²) in [7, 11) is 0.608. The first-order valence-electron chi connectivity index (χ1n) is 0.977. The van der Waals surface area contributed by atoms with Crippen LogP contribution in [-0.4, -0.2) is 4.21 Å². The van der Waals surface area contributed by atoms with Crippen molar-refractivity contribution < 1.29 is 4.21 Å². The topological polar surface area (TPSA) is 29.4 Å². The van der Waals surface area contributed by atoms with Gasteiger partial charge in [-0.05, 0) is 0 Å². The van der Waals surface area contributed by atoms with E-state index >= 15 is 0 Å². The first-order valence-corrected chi connectivity index (χ1v) is 5.25. The van der Waals surface area contributed by atoms with E-state index in [1.54, 1.807) is 0 Å². The molecule has 2 unspecified atom stereocenters. The Kier molecular flexibility index (Phi) is 1.10. The summed E-state index contributed by atoms with van der Waals surface area (Å²) in [5.41, 5.74) is 0. The molecule has 2 nitrogen and oxygen atoms in total. The maximum Gasteiger partial charge on any atom is 0.133 e. The first-order chi connectivity index (χ1) is 2.39. The molecule has 5 heavy (non-hydrogen) atoms. The molecule has 1 aliphatic heterocycles. The Morgan fingerprint density at radius 2 is 2.40 bits per heavy atom. The van der Waals surface area contributed by atoms with Gasteiger partial charge in [0, 0.05) is 0 Å². The van der Waals surface area contributed by atoms with Gasteiger partial charge in [-0.1, -0.05) is 0 Å². The summed E-state index contributed by atoms with van der Waals surface area (Å²) in [6.45, 7) is 0. The van der Waals surface area contributed by atoms with Crippen LogP contribution in [0.2, 0.25) is 0 Å². The minimum atomic E-state index is -0.559. The Morgan fingerprint density at radius 3 is 2.40 bits per heavy atom. The molecule has 0 fully saturated rings. The van der Waals surface area contributed by atoms with E-state index < -0.39 is 10.0 Å². The van der Waals surface area contributed by atoms with E-state index in [0.717, 1.165) is 7.57 Å². The summed E-state index contributed by atoms with van der Waals surface area (Å²) in [6, 6.07) is 0. The van der Waals surface area contributed by atoms with E-state index in [9.17, 15) is 4.21 Å². The van der Waals surface area contributed by atoms with Gasteiger partial charge in [0.05, 0.1) is 0 Å². The van der Waals surface area contributed by atoms with Crippen molar-refractivity contribution in [2.45, 2.75) is 0 Å². The van der Waals surface area contributed by atoms with Gasteiger partial charge < -0.3 is 0 Å². The largest absolute Gasteiger partial charge is 0.242 e. The zero-order chi connectivity index (χ0) is 3.70. The van der Waals surface area contributed by atoms with Crippen LogP contribution in [0.15, 0.2) is 4.52 Å². The Morgan fingerprint density at radius 1 is 2.00 bits per heavy atom. The highest BCUT2D eigenvalue weighted by molar-refractivity contribution is 8.71. The van der Waals surface area contributed by atoms with Gasteiger partial charge in [-0.25, -0.2) is 8.72 Å². The second kappa shape index (κ2) is 1.42. The van der Waals surface area contributed by atoms with Gasteiger partial charge in [-0.3, -0.25) is 0 Å². The van der Waals surface area contributed by atoms with Crippen LogP contribution in [0, 0.1) is 0 Å². The summed E-state index contributed by atoms with van der Waals surface area (Å²) in [6.07, 6.45) is 0. The Labute approximate surface area is 35.0 Å². The summed E-state index contributed by atoms with van der Waals surface area (Å²) < 4.78 is 13.6. The Balaban J connectivity index is 2.71. The average Bonchev–Trinajstić information content (AvgIpc) is 1.30. The van der Waals surface area contributed by atoms with Crippen molar-refractivity contribution in [3.8, 4) is 0 Å². The van der Waals surface area contributed by atoms with E-state index in [1.165, 1.54) is 0 Å². The SMILES string of the molecule is O=S1P=NP1. The van der Waals surface area contributed by atoms with Gasteiger partial charge in [0.1, 0.15) is 25.5 Å². The molecule has 0 saturated heterocycles. The van der Waals surface area contributed by atoms with Crippen LogP contribution < -0.4 is 0 Å². The number of hydrogen-bond acceptors (Lipinski definition) is 2.